The lowest BCUT2D eigenvalue weighted by Gasteiger charge is -2.35. The third kappa shape index (κ3) is 5.02. The summed E-state index contributed by atoms with van der Waals surface area (Å²) in [6, 6.07) is 10.2. The average molecular weight is 452 g/mol. The number of para-hydroxylation sites is 1. The van der Waals surface area contributed by atoms with Gasteiger partial charge in [0.25, 0.3) is 5.91 Å². The van der Waals surface area contributed by atoms with Gasteiger partial charge in [0.15, 0.2) is 0 Å². The molecule has 0 spiro atoms. The van der Waals surface area contributed by atoms with Gasteiger partial charge >= 0.3 is 6.03 Å². The predicted molar refractivity (Wildman–Crippen MR) is 123 cm³/mol. The van der Waals surface area contributed by atoms with Gasteiger partial charge < -0.3 is 29.8 Å². The van der Waals surface area contributed by atoms with E-state index in [9.17, 15) is 14.4 Å². The fraction of sp³-hybridized carbons (Fsp3) is 0.375. The molecular weight excluding hydrogens is 422 g/mol. The zero-order valence-electron chi connectivity index (χ0n) is 18.8. The SMILES string of the molecule is CC(C)[C@@H](NC(=O)N1CCN(C(=O)c2c[nH]c3ccccc23)CC1)C(=O)NCc1ccco1. The Morgan fingerprint density at radius 3 is 2.45 bits per heavy atom. The highest BCUT2D eigenvalue weighted by Crippen LogP contribution is 2.20. The fourth-order valence-electron chi connectivity index (χ4n) is 3.99. The Morgan fingerprint density at radius 2 is 1.76 bits per heavy atom. The highest BCUT2D eigenvalue weighted by atomic mass is 16.3. The molecule has 1 atom stereocenters. The van der Waals surface area contributed by atoms with Gasteiger partial charge in [-0.15, -0.1) is 0 Å². The van der Waals surface area contributed by atoms with Crippen molar-refractivity contribution in [3.63, 3.8) is 0 Å². The minimum absolute atomic E-state index is 0.0510. The molecule has 0 bridgehead atoms. The number of fused-ring (bicyclic) bond motifs is 1. The number of benzene rings is 1. The first kappa shape index (κ1) is 22.4. The number of H-pyrrole nitrogens is 1. The number of amides is 4. The highest BCUT2D eigenvalue weighted by Gasteiger charge is 2.30. The molecule has 33 heavy (non-hydrogen) atoms. The number of carbonyl (C=O) groups is 3. The summed E-state index contributed by atoms with van der Waals surface area (Å²) in [7, 11) is 0. The van der Waals surface area contributed by atoms with Crippen molar-refractivity contribution < 1.29 is 18.8 Å². The average Bonchev–Trinajstić information content (AvgIpc) is 3.50. The Morgan fingerprint density at radius 1 is 1.03 bits per heavy atom. The molecule has 4 amide bonds. The second-order valence-electron chi connectivity index (χ2n) is 8.50. The molecular formula is C24H29N5O4. The molecule has 0 unspecified atom stereocenters. The van der Waals surface area contributed by atoms with Crippen molar-refractivity contribution in [2.75, 3.05) is 26.2 Å². The van der Waals surface area contributed by atoms with E-state index in [0.717, 1.165) is 10.9 Å². The summed E-state index contributed by atoms with van der Waals surface area (Å²) in [5.74, 6) is 0.247. The number of aromatic amines is 1. The van der Waals surface area contributed by atoms with Crippen molar-refractivity contribution in [2.45, 2.75) is 26.4 Å². The van der Waals surface area contributed by atoms with Crippen LogP contribution in [0.25, 0.3) is 10.9 Å². The number of nitrogens with one attached hydrogen (secondary N) is 3. The number of carbonyl (C=O) groups excluding carboxylic acids is 3. The van der Waals surface area contributed by atoms with E-state index < -0.39 is 6.04 Å². The number of urea groups is 1. The summed E-state index contributed by atoms with van der Waals surface area (Å²) in [6.45, 7) is 5.70. The van der Waals surface area contributed by atoms with Crippen molar-refractivity contribution in [2.24, 2.45) is 5.92 Å². The van der Waals surface area contributed by atoms with Crippen LogP contribution in [0.1, 0.15) is 30.0 Å². The van der Waals surface area contributed by atoms with Crippen LogP contribution in [0.4, 0.5) is 4.79 Å². The van der Waals surface area contributed by atoms with E-state index in [1.807, 2.05) is 38.1 Å². The molecule has 3 heterocycles. The Kier molecular flexibility index (Phi) is 6.67. The minimum atomic E-state index is -0.668. The molecule has 1 fully saturated rings. The van der Waals surface area contributed by atoms with Crippen molar-refractivity contribution >= 4 is 28.7 Å². The molecule has 9 nitrogen and oxygen atoms in total. The fourth-order valence-corrected chi connectivity index (χ4v) is 3.99. The van der Waals surface area contributed by atoms with E-state index in [2.05, 4.69) is 15.6 Å². The van der Waals surface area contributed by atoms with Crippen molar-refractivity contribution in [1.29, 1.82) is 0 Å². The van der Waals surface area contributed by atoms with E-state index in [1.165, 1.54) is 0 Å². The van der Waals surface area contributed by atoms with Gasteiger partial charge in [0.1, 0.15) is 11.8 Å². The molecule has 9 heteroatoms. The Labute approximate surface area is 192 Å². The zero-order chi connectivity index (χ0) is 23.4. The molecule has 3 N–H and O–H groups in total. The molecule has 1 aliphatic heterocycles. The molecule has 4 rings (SSSR count). The van der Waals surface area contributed by atoms with Crippen LogP contribution in [-0.4, -0.2) is 64.9 Å². The van der Waals surface area contributed by atoms with Gasteiger partial charge in [-0.25, -0.2) is 4.79 Å². The van der Waals surface area contributed by atoms with Gasteiger partial charge in [-0.05, 0) is 24.1 Å². The molecule has 1 saturated heterocycles. The third-order valence-corrected chi connectivity index (χ3v) is 5.92. The molecule has 0 saturated carbocycles. The van der Waals surface area contributed by atoms with Crippen molar-refractivity contribution in [3.05, 3.63) is 60.2 Å². The topological polar surface area (TPSA) is 111 Å². The molecule has 2 aromatic heterocycles. The number of rotatable bonds is 6. The first-order valence-electron chi connectivity index (χ1n) is 11.1. The summed E-state index contributed by atoms with van der Waals surface area (Å²) in [6.07, 6.45) is 3.28. The quantitative estimate of drug-likeness (QED) is 0.535. The molecule has 174 valence electrons. The van der Waals surface area contributed by atoms with E-state index >= 15 is 0 Å². The first-order valence-corrected chi connectivity index (χ1v) is 11.1. The monoisotopic (exact) mass is 451 g/mol. The number of nitrogens with zero attached hydrogens (tertiary/aromatic N) is 2. The van der Waals surface area contributed by atoms with Crippen LogP contribution in [0.2, 0.25) is 0 Å². The van der Waals surface area contributed by atoms with Crippen LogP contribution < -0.4 is 10.6 Å². The summed E-state index contributed by atoms with van der Waals surface area (Å²) in [4.78, 5) is 45.0. The van der Waals surface area contributed by atoms with E-state index in [0.29, 0.717) is 37.5 Å². The predicted octanol–water partition coefficient (Wildman–Crippen LogP) is 2.57. The third-order valence-electron chi connectivity index (χ3n) is 5.92. The molecule has 0 radical (unpaired) electrons. The van der Waals surface area contributed by atoms with Crippen LogP contribution in [0.15, 0.2) is 53.3 Å². The maximum absolute atomic E-state index is 13.0. The van der Waals surface area contributed by atoms with E-state index in [1.54, 1.807) is 34.4 Å². The smallest absolute Gasteiger partial charge is 0.318 e. The second kappa shape index (κ2) is 9.81. The molecule has 3 aromatic rings. The second-order valence-corrected chi connectivity index (χ2v) is 8.50. The van der Waals surface area contributed by atoms with Gasteiger partial charge in [0, 0.05) is 43.3 Å². The molecule has 0 aliphatic carbocycles. The number of hydrogen-bond acceptors (Lipinski definition) is 4. The number of piperazine rings is 1. The Balaban J connectivity index is 1.31. The van der Waals surface area contributed by atoms with E-state index in [-0.39, 0.29) is 30.3 Å². The maximum atomic E-state index is 13.0. The normalized spacial score (nSPS) is 15.0. The first-order chi connectivity index (χ1) is 15.9. The minimum Gasteiger partial charge on any atom is -0.467 e. The van der Waals surface area contributed by atoms with Crippen LogP contribution in [0.3, 0.4) is 0 Å². The highest BCUT2D eigenvalue weighted by molar-refractivity contribution is 6.06. The summed E-state index contributed by atoms with van der Waals surface area (Å²) in [5, 5.41) is 6.54. The van der Waals surface area contributed by atoms with Crippen molar-refractivity contribution in [1.82, 2.24) is 25.4 Å². The lowest BCUT2D eigenvalue weighted by molar-refractivity contribution is -0.124. The maximum Gasteiger partial charge on any atom is 0.318 e. The lowest BCUT2D eigenvalue weighted by Crippen LogP contribution is -2.57. The molecule has 1 aliphatic rings. The lowest BCUT2D eigenvalue weighted by atomic mass is 10.0. The number of aromatic nitrogens is 1. The Bertz CT molecular complexity index is 1110. The van der Waals surface area contributed by atoms with Crippen LogP contribution >= 0.6 is 0 Å². The van der Waals surface area contributed by atoms with Gasteiger partial charge in [-0.3, -0.25) is 9.59 Å². The summed E-state index contributed by atoms with van der Waals surface area (Å²) >= 11 is 0. The van der Waals surface area contributed by atoms with Gasteiger partial charge in [0.2, 0.25) is 5.91 Å². The molecule has 1 aromatic carbocycles. The van der Waals surface area contributed by atoms with Gasteiger partial charge in [-0.1, -0.05) is 32.0 Å². The summed E-state index contributed by atoms with van der Waals surface area (Å²) < 4.78 is 5.24. The largest absolute Gasteiger partial charge is 0.467 e. The van der Waals surface area contributed by atoms with Gasteiger partial charge in [-0.2, -0.15) is 0 Å². The standard InChI is InChI=1S/C24H29N5O4/c1-16(2)21(22(30)26-14-17-6-5-13-33-17)27-24(32)29-11-9-28(10-12-29)23(31)19-15-25-20-8-4-3-7-18(19)20/h3-8,13,15-16,21,25H,9-12,14H2,1-2H3,(H,26,30)(H,27,32)/t21-/m1/s1. The zero-order valence-corrected chi connectivity index (χ0v) is 18.8. The van der Waals surface area contributed by atoms with Crippen LogP contribution in [0, 0.1) is 5.92 Å². The van der Waals surface area contributed by atoms with Gasteiger partial charge in [0.05, 0.1) is 18.4 Å². The van der Waals surface area contributed by atoms with E-state index in [4.69, 9.17) is 4.42 Å². The van der Waals surface area contributed by atoms with Crippen LogP contribution in [0.5, 0.6) is 0 Å². The van der Waals surface area contributed by atoms with Crippen LogP contribution in [-0.2, 0) is 11.3 Å². The summed E-state index contributed by atoms with van der Waals surface area (Å²) in [5.41, 5.74) is 1.56. The Hall–Kier alpha value is -3.75. The number of furan rings is 1. The number of hydrogen-bond donors (Lipinski definition) is 3. The van der Waals surface area contributed by atoms with Crippen molar-refractivity contribution in [3.8, 4) is 0 Å².